The van der Waals surface area contributed by atoms with Crippen molar-refractivity contribution in [3.05, 3.63) is 28.8 Å². The van der Waals surface area contributed by atoms with Gasteiger partial charge in [-0.2, -0.15) is 4.80 Å². The number of tetrazole rings is 1. The van der Waals surface area contributed by atoms with Gasteiger partial charge in [-0.25, -0.2) is 4.79 Å². The van der Waals surface area contributed by atoms with Crippen LogP contribution >= 0.6 is 11.6 Å². The van der Waals surface area contributed by atoms with Crippen LogP contribution in [0.25, 0.3) is 11.4 Å². The molecule has 0 aliphatic heterocycles. The van der Waals surface area contributed by atoms with Gasteiger partial charge in [0.15, 0.2) is 0 Å². The van der Waals surface area contributed by atoms with Crippen molar-refractivity contribution in [1.82, 2.24) is 20.2 Å². The van der Waals surface area contributed by atoms with Gasteiger partial charge in [0.1, 0.15) is 0 Å². The highest BCUT2D eigenvalue weighted by atomic mass is 35.5. The molecule has 16 heavy (non-hydrogen) atoms. The van der Waals surface area contributed by atoms with Gasteiger partial charge in [-0.1, -0.05) is 11.6 Å². The van der Waals surface area contributed by atoms with Crippen molar-refractivity contribution in [2.24, 2.45) is 7.05 Å². The maximum absolute atomic E-state index is 10.9. The molecule has 0 spiro atoms. The number of aromatic carboxylic acids is 1. The lowest BCUT2D eigenvalue weighted by molar-refractivity contribution is 0.0697. The summed E-state index contributed by atoms with van der Waals surface area (Å²) in [5, 5.41) is 20.5. The number of carbonyl (C=O) groups is 1. The van der Waals surface area contributed by atoms with Crippen molar-refractivity contribution >= 4 is 17.6 Å². The summed E-state index contributed by atoms with van der Waals surface area (Å²) in [6.45, 7) is 0. The van der Waals surface area contributed by atoms with Crippen molar-refractivity contribution in [3.8, 4) is 11.4 Å². The van der Waals surface area contributed by atoms with E-state index in [1.807, 2.05) is 0 Å². The van der Waals surface area contributed by atoms with Crippen LogP contribution in [-0.4, -0.2) is 31.3 Å². The summed E-state index contributed by atoms with van der Waals surface area (Å²) in [5.41, 5.74) is 0.585. The minimum Gasteiger partial charge on any atom is -0.478 e. The fourth-order valence-corrected chi connectivity index (χ4v) is 1.43. The van der Waals surface area contributed by atoms with E-state index in [2.05, 4.69) is 15.4 Å². The molecule has 1 aromatic carbocycles. The third-order valence-corrected chi connectivity index (χ3v) is 2.29. The molecular weight excluding hydrogens is 232 g/mol. The Morgan fingerprint density at radius 3 is 2.81 bits per heavy atom. The Balaban J connectivity index is 2.51. The number of carboxylic acids is 1. The zero-order chi connectivity index (χ0) is 11.7. The van der Waals surface area contributed by atoms with Crippen LogP contribution in [-0.2, 0) is 7.05 Å². The number of hydrogen-bond donors (Lipinski definition) is 1. The van der Waals surface area contributed by atoms with Crippen LogP contribution in [0.15, 0.2) is 18.2 Å². The molecular formula is C9H7ClN4O2. The Morgan fingerprint density at radius 2 is 2.25 bits per heavy atom. The normalized spacial score (nSPS) is 10.4. The maximum atomic E-state index is 10.9. The number of benzene rings is 1. The van der Waals surface area contributed by atoms with E-state index in [0.29, 0.717) is 11.4 Å². The Hall–Kier alpha value is -1.95. The van der Waals surface area contributed by atoms with Gasteiger partial charge in [0.05, 0.1) is 17.6 Å². The summed E-state index contributed by atoms with van der Waals surface area (Å²) >= 11 is 5.74. The van der Waals surface area contributed by atoms with Crippen molar-refractivity contribution in [2.45, 2.75) is 0 Å². The molecule has 0 radical (unpaired) electrons. The molecule has 0 amide bonds. The second kappa shape index (κ2) is 3.90. The summed E-state index contributed by atoms with van der Waals surface area (Å²) in [4.78, 5) is 12.2. The van der Waals surface area contributed by atoms with Gasteiger partial charge in [0.25, 0.3) is 0 Å². The monoisotopic (exact) mass is 238 g/mol. The molecule has 0 atom stereocenters. The Morgan fingerprint density at radius 1 is 1.50 bits per heavy atom. The van der Waals surface area contributed by atoms with E-state index < -0.39 is 5.97 Å². The first-order valence-corrected chi connectivity index (χ1v) is 4.73. The Bertz CT molecular complexity index is 552. The Kier molecular flexibility index (Phi) is 2.57. The van der Waals surface area contributed by atoms with Crippen molar-refractivity contribution < 1.29 is 9.90 Å². The zero-order valence-electron chi connectivity index (χ0n) is 8.25. The lowest BCUT2D eigenvalue weighted by Crippen LogP contribution is -1.98. The van der Waals surface area contributed by atoms with Gasteiger partial charge >= 0.3 is 5.97 Å². The smallest absolute Gasteiger partial charge is 0.337 e. The molecule has 0 saturated carbocycles. The molecule has 0 unspecified atom stereocenters. The van der Waals surface area contributed by atoms with Gasteiger partial charge < -0.3 is 5.11 Å². The molecule has 0 fully saturated rings. The SMILES string of the molecule is Cn1nnc(-c2ccc(Cl)c(C(=O)O)c2)n1. The predicted octanol–water partition coefficient (Wildman–Crippen LogP) is 1.23. The second-order valence-electron chi connectivity index (χ2n) is 3.10. The number of nitrogens with zero attached hydrogens (tertiary/aromatic N) is 4. The number of carboxylic acid groups (broad SMARTS) is 1. The average Bonchev–Trinajstić information content (AvgIpc) is 2.65. The molecule has 2 rings (SSSR count). The quantitative estimate of drug-likeness (QED) is 0.851. The number of hydrogen-bond acceptors (Lipinski definition) is 4. The van der Waals surface area contributed by atoms with E-state index >= 15 is 0 Å². The molecule has 0 bridgehead atoms. The molecule has 1 N–H and O–H groups in total. The second-order valence-corrected chi connectivity index (χ2v) is 3.51. The van der Waals surface area contributed by atoms with E-state index in [4.69, 9.17) is 16.7 Å². The molecule has 0 saturated heterocycles. The number of rotatable bonds is 2. The third kappa shape index (κ3) is 1.87. The largest absolute Gasteiger partial charge is 0.478 e. The highest BCUT2D eigenvalue weighted by Gasteiger charge is 2.12. The van der Waals surface area contributed by atoms with Crippen molar-refractivity contribution in [1.29, 1.82) is 0 Å². The predicted molar refractivity (Wildman–Crippen MR) is 56.2 cm³/mol. The molecule has 82 valence electrons. The molecule has 1 aromatic heterocycles. The van der Waals surface area contributed by atoms with Gasteiger partial charge in [-0.15, -0.1) is 10.2 Å². The van der Waals surface area contributed by atoms with E-state index in [1.165, 1.54) is 16.9 Å². The van der Waals surface area contributed by atoms with Crippen LogP contribution in [0.1, 0.15) is 10.4 Å². The van der Waals surface area contributed by atoms with E-state index in [9.17, 15) is 4.79 Å². The van der Waals surface area contributed by atoms with E-state index in [1.54, 1.807) is 13.1 Å². The number of aryl methyl sites for hydroxylation is 1. The van der Waals surface area contributed by atoms with Gasteiger partial charge in [-0.3, -0.25) is 0 Å². The van der Waals surface area contributed by atoms with Gasteiger partial charge in [0, 0.05) is 5.56 Å². The van der Waals surface area contributed by atoms with Crippen LogP contribution in [0.2, 0.25) is 5.02 Å². The molecule has 2 aromatic rings. The first kappa shape index (κ1) is 10.6. The average molecular weight is 239 g/mol. The van der Waals surface area contributed by atoms with Crippen molar-refractivity contribution in [3.63, 3.8) is 0 Å². The third-order valence-electron chi connectivity index (χ3n) is 1.96. The van der Waals surface area contributed by atoms with E-state index in [-0.39, 0.29) is 10.6 Å². The minimum atomic E-state index is -1.09. The summed E-state index contributed by atoms with van der Waals surface area (Å²) in [7, 11) is 1.63. The lowest BCUT2D eigenvalue weighted by Gasteiger charge is -2.00. The van der Waals surface area contributed by atoms with Crippen molar-refractivity contribution in [2.75, 3.05) is 0 Å². The number of aromatic nitrogens is 4. The van der Waals surface area contributed by atoms with Gasteiger partial charge in [-0.05, 0) is 23.4 Å². The summed E-state index contributed by atoms with van der Waals surface area (Å²) in [6.07, 6.45) is 0. The highest BCUT2D eigenvalue weighted by molar-refractivity contribution is 6.33. The van der Waals surface area contributed by atoms with Crippen LogP contribution in [0.5, 0.6) is 0 Å². The zero-order valence-corrected chi connectivity index (χ0v) is 9.01. The van der Waals surface area contributed by atoms with Crippen LogP contribution in [0, 0.1) is 0 Å². The molecule has 0 aliphatic carbocycles. The van der Waals surface area contributed by atoms with Crippen LogP contribution in [0.4, 0.5) is 0 Å². The molecule has 1 heterocycles. The molecule has 7 heteroatoms. The fraction of sp³-hybridized carbons (Fsp3) is 0.111. The van der Waals surface area contributed by atoms with Crippen LogP contribution in [0.3, 0.4) is 0 Å². The summed E-state index contributed by atoms with van der Waals surface area (Å²) in [6, 6.07) is 4.56. The van der Waals surface area contributed by atoms with Crippen LogP contribution < -0.4 is 0 Å². The minimum absolute atomic E-state index is 0.0200. The van der Waals surface area contributed by atoms with Gasteiger partial charge in [0.2, 0.25) is 5.82 Å². The summed E-state index contributed by atoms with van der Waals surface area (Å²) in [5.74, 6) is -0.725. The first-order valence-electron chi connectivity index (χ1n) is 4.35. The standard InChI is InChI=1S/C9H7ClN4O2/c1-14-12-8(11-13-14)5-2-3-7(10)6(4-5)9(15)16/h2-4H,1H3,(H,15,16). The molecule has 6 nitrogen and oxygen atoms in total. The summed E-state index contributed by atoms with van der Waals surface area (Å²) < 4.78 is 0. The van der Waals surface area contributed by atoms with E-state index in [0.717, 1.165) is 0 Å². The number of halogens is 1. The maximum Gasteiger partial charge on any atom is 0.337 e. The molecule has 0 aliphatic rings. The fourth-order valence-electron chi connectivity index (χ4n) is 1.23. The lowest BCUT2D eigenvalue weighted by atomic mass is 10.1. The highest BCUT2D eigenvalue weighted by Crippen LogP contribution is 2.22. The first-order chi connectivity index (χ1) is 7.58. The Labute approximate surface area is 95.5 Å². The topological polar surface area (TPSA) is 80.9 Å².